The topological polar surface area (TPSA) is 70.8 Å². The Morgan fingerprint density at radius 1 is 1.14 bits per heavy atom. The highest BCUT2D eigenvalue weighted by Crippen LogP contribution is 2.29. The van der Waals surface area contributed by atoms with Gasteiger partial charge in [0.05, 0.1) is 19.2 Å². The van der Waals surface area contributed by atoms with Gasteiger partial charge in [-0.3, -0.25) is 4.79 Å². The lowest BCUT2D eigenvalue weighted by Gasteiger charge is -2.11. The van der Waals surface area contributed by atoms with Crippen molar-refractivity contribution in [2.24, 2.45) is 0 Å². The van der Waals surface area contributed by atoms with Crippen LogP contribution in [0.5, 0.6) is 11.5 Å². The number of nitrogens with zero attached hydrogens (tertiary/aromatic N) is 1. The molecule has 0 saturated heterocycles. The zero-order chi connectivity index (χ0) is 19.9. The number of hydrogen-bond donors (Lipinski definition) is 0. The van der Waals surface area contributed by atoms with Gasteiger partial charge in [0.25, 0.3) is 0 Å². The molecule has 3 aromatic rings. The lowest BCUT2D eigenvalue weighted by Crippen LogP contribution is -2.09. The Morgan fingerprint density at radius 2 is 1.93 bits per heavy atom. The van der Waals surface area contributed by atoms with Crippen molar-refractivity contribution in [3.8, 4) is 23.0 Å². The fourth-order valence-corrected chi connectivity index (χ4v) is 2.46. The van der Waals surface area contributed by atoms with Gasteiger partial charge in [0.2, 0.25) is 5.89 Å². The number of aromatic nitrogens is 1. The summed E-state index contributed by atoms with van der Waals surface area (Å²) in [7, 11) is 1.33. The number of halogens is 2. The average Bonchev–Trinajstić information content (AvgIpc) is 3.16. The molecule has 28 heavy (non-hydrogen) atoms. The Morgan fingerprint density at radius 3 is 2.64 bits per heavy atom. The molecule has 0 fully saturated rings. The standard InChI is InChI=1S/C20H17F2NO5/c1-25-17-9-13(7-8-16(17)28-20(21)22)11-26-18(24)10-15-12-27-19(23-15)14-5-3-2-4-6-14/h2-9,12,20H,10-11H2,1H3. The third kappa shape index (κ3) is 5.06. The highest BCUT2D eigenvalue weighted by molar-refractivity contribution is 5.72. The van der Waals surface area contributed by atoms with Crippen LogP contribution in [0, 0.1) is 0 Å². The van der Waals surface area contributed by atoms with Crippen LogP contribution in [0.3, 0.4) is 0 Å². The fraction of sp³-hybridized carbons (Fsp3) is 0.200. The molecule has 0 saturated carbocycles. The lowest BCUT2D eigenvalue weighted by atomic mass is 10.2. The van der Waals surface area contributed by atoms with Crippen LogP contribution in [-0.2, 0) is 22.6 Å². The second-order valence-electron chi connectivity index (χ2n) is 5.71. The summed E-state index contributed by atoms with van der Waals surface area (Å²) in [6.45, 7) is -3.01. The SMILES string of the molecule is COc1cc(COC(=O)Cc2coc(-c3ccccc3)n2)ccc1OC(F)F. The second kappa shape index (κ2) is 8.98. The summed E-state index contributed by atoms with van der Waals surface area (Å²) in [5, 5.41) is 0. The lowest BCUT2D eigenvalue weighted by molar-refractivity contribution is -0.144. The van der Waals surface area contributed by atoms with Gasteiger partial charge in [-0.25, -0.2) is 4.98 Å². The minimum atomic E-state index is -2.96. The van der Waals surface area contributed by atoms with E-state index < -0.39 is 12.6 Å². The summed E-state index contributed by atoms with van der Waals surface area (Å²) < 4.78 is 44.6. The van der Waals surface area contributed by atoms with Crippen LogP contribution >= 0.6 is 0 Å². The number of benzene rings is 2. The quantitative estimate of drug-likeness (QED) is 0.537. The molecule has 1 aromatic heterocycles. The van der Waals surface area contributed by atoms with Gasteiger partial charge in [-0.05, 0) is 29.8 Å². The third-order valence-electron chi connectivity index (χ3n) is 3.74. The normalized spacial score (nSPS) is 10.7. The molecule has 0 radical (unpaired) electrons. The van der Waals surface area contributed by atoms with Crippen molar-refractivity contribution in [1.82, 2.24) is 4.98 Å². The van der Waals surface area contributed by atoms with E-state index in [1.54, 1.807) is 0 Å². The van der Waals surface area contributed by atoms with Gasteiger partial charge >= 0.3 is 12.6 Å². The first kappa shape index (κ1) is 19.3. The summed E-state index contributed by atoms with van der Waals surface area (Å²) in [5.41, 5.74) is 1.82. The van der Waals surface area contributed by atoms with Gasteiger partial charge in [0, 0.05) is 5.56 Å². The van der Waals surface area contributed by atoms with Crippen LogP contribution < -0.4 is 9.47 Å². The molecule has 0 atom stereocenters. The molecule has 0 unspecified atom stereocenters. The van der Waals surface area contributed by atoms with E-state index in [4.69, 9.17) is 13.9 Å². The van der Waals surface area contributed by atoms with Gasteiger partial charge in [0.15, 0.2) is 11.5 Å². The Labute approximate surface area is 159 Å². The van der Waals surface area contributed by atoms with E-state index >= 15 is 0 Å². The van der Waals surface area contributed by atoms with Crippen LogP contribution in [0.1, 0.15) is 11.3 Å². The first-order valence-corrected chi connectivity index (χ1v) is 8.32. The predicted octanol–water partition coefficient (Wildman–Crippen LogP) is 4.24. The van der Waals surface area contributed by atoms with Crippen molar-refractivity contribution in [2.45, 2.75) is 19.6 Å². The molecular weight excluding hydrogens is 372 g/mol. The number of carbonyl (C=O) groups excluding carboxylic acids is 1. The molecule has 146 valence electrons. The number of oxazole rings is 1. The van der Waals surface area contributed by atoms with Crippen LogP contribution in [0.25, 0.3) is 11.5 Å². The van der Waals surface area contributed by atoms with Gasteiger partial charge in [-0.15, -0.1) is 0 Å². The van der Waals surface area contributed by atoms with Crippen molar-refractivity contribution in [2.75, 3.05) is 7.11 Å². The predicted molar refractivity (Wildman–Crippen MR) is 95.1 cm³/mol. The fourth-order valence-electron chi connectivity index (χ4n) is 2.46. The molecule has 0 amide bonds. The first-order chi connectivity index (χ1) is 13.5. The summed E-state index contributed by atoms with van der Waals surface area (Å²) in [5.74, 6) is -0.0518. The maximum absolute atomic E-state index is 12.3. The van der Waals surface area contributed by atoms with Crippen molar-refractivity contribution in [1.29, 1.82) is 0 Å². The number of alkyl halides is 2. The van der Waals surface area contributed by atoms with Crippen LogP contribution in [0.15, 0.2) is 59.2 Å². The Balaban J connectivity index is 1.57. The largest absolute Gasteiger partial charge is 0.493 e. The van der Waals surface area contributed by atoms with E-state index in [-0.39, 0.29) is 24.5 Å². The molecule has 0 bridgehead atoms. The van der Waals surface area contributed by atoms with Crippen molar-refractivity contribution < 1.29 is 32.2 Å². The zero-order valence-corrected chi connectivity index (χ0v) is 14.9. The van der Waals surface area contributed by atoms with Crippen molar-refractivity contribution >= 4 is 5.97 Å². The summed E-state index contributed by atoms with van der Waals surface area (Å²) in [4.78, 5) is 16.3. The minimum absolute atomic E-state index is 0.0481. The summed E-state index contributed by atoms with van der Waals surface area (Å²) in [6, 6.07) is 13.6. The van der Waals surface area contributed by atoms with Gasteiger partial charge in [-0.2, -0.15) is 8.78 Å². The van der Waals surface area contributed by atoms with Crippen LogP contribution in [0.4, 0.5) is 8.78 Å². The molecule has 1 heterocycles. The Hall–Kier alpha value is -3.42. The molecule has 8 heteroatoms. The maximum Gasteiger partial charge on any atom is 0.387 e. The molecule has 3 rings (SSSR count). The van der Waals surface area contributed by atoms with Gasteiger partial charge in [-0.1, -0.05) is 24.3 Å². The van der Waals surface area contributed by atoms with E-state index in [1.807, 2.05) is 30.3 Å². The van der Waals surface area contributed by atoms with E-state index in [2.05, 4.69) is 9.72 Å². The monoisotopic (exact) mass is 389 g/mol. The number of carbonyl (C=O) groups is 1. The maximum atomic E-state index is 12.3. The highest BCUT2D eigenvalue weighted by atomic mass is 19.3. The van der Waals surface area contributed by atoms with E-state index in [0.29, 0.717) is 17.1 Å². The molecule has 0 N–H and O–H groups in total. The Bertz CT molecular complexity index is 927. The molecular formula is C20H17F2NO5. The zero-order valence-electron chi connectivity index (χ0n) is 14.9. The average molecular weight is 389 g/mol. The number of rotatable bonds is 8. The highest BCUT2D eigenvalue weighted by Gasteiger charge is 2.14. The van der Waals surface area contributed by atoms with Crippen molar-refractivity contribution in [3.05, 3.63) is 66.1 Å². The van der Waals surface area contributed by atoms with Crippen molar-refractivity contribution in [3.63, 3.8) is 0 Å². The smallest absolute Gasteiger partial charge is 0.387 e. The van der Waals surface area contributed by atoms with Gasteiger partial charge < -0.3 is 18.6 Å². The molecule has 0 aliphatic heterocycles. The van der Waals surface area contributed by atoms with E-state index in [9.17, 15) is 13.6 Å². The van der Waals surface area contributed by atoms with E-state index in [0.717, 1.165) is 5.56 Å². The number of ether oxygens (including phenoxy) is 3. The molecule has 0 aliphatic carbocycles. The first-order valence-electron chi connectivity index (χ1n) is 8.32. The third-order valence-corrected chi connectivity index (χ3v) is 3.74. The summed E-state index contributed by atoms with van der Waals surface area (Å²) in [6.07, 6.45) is 1.35. The Kier molecular flexibility index (Phi) is 6.21. The number of methoxy groups -OCH3 is 1. The van der Waals surface area contributed by atoms with Gasteiger partial charge in [0.1, 0.15) is 12.9 Å². The number of hydrogen-bond acceptors (Lipinski definition) is 6. The molecule has 0 aliphatic rings. The second-order valence-corrected chi connectivity index (χ2v) is 5.71. The minimum Gasteiger partial charge on any atom is -0.493 e. The van der Waals surface area contributed by atoms with E-state index in [1.165, 1.54) is 31.6 Å². The summed E-state index contributed by atoms with van der Waals surface area (Å²) >= 11 is 0. The van der Waals surface area contributed by atoms with Crippen LogP contribution in [-0.4, -0.2) is 24.7 Å². The molecule has 6 nitrogen and oxygen atoms in total. The number of esters is 1. The van der Waals surface area contributed by atoms with Crippen LogP contribution in [0.2, 0.25) is 0 Å². The molecule has 0 spiro atoms. The molecule has 2 aromatic carbocycles.